The zero-order valence-electron chi connectivity index (χ0n) is 12.4. The van der Waals surface area contributed by atoms with Gasteiger partial charge in [-0.3, -0.25) is 0 Å². The molecule has 0 N–H and O–H groups in total. The minimum Gasteiger partial charge on any atom is -0.355 e. The number of pyridine rings is 1. The molecule has 124 valence electrons. The third kappa shape index (κ3) is 3.26. The topological polar surface area (TPSA) is 46.8 Å². The number of hydrogen-bond donors (Lipinski definition) is 0. The Bertz CT molecular complexity index is 700. The number of aromatic nitrogens is 4. The van der Waals surface area contributed by atoms with E-state index in [0.717, 1.165) is 30.9 Å². The van der Waals surface area contributed by atoms with Crippen LogP contribution in [0, 0.1) is 0 Å². The summed E-state index contributed by atoms with van der Waals surface area (Å²) in [7, 11) is 1.87. The number of nitrogens with zero attached hydrogens (tertiary/aromatic N) is 5. The van der Waals surface area contributed by atoms with Gasteiger partial charge in [0, 0.05) is 32.3 Å². The molecule has 23 heavy (non-hydrogen) atoms. The lowest BCUT2D eigenvalue weighted by atomic mass is 9.97. The van der Waals surface area contributed by atoms with Gasteiger partial charge in [-0.2, -0.15) is 13.2 Å². The molecule has 0 bridgehead atoms. The minimum atomic E-state index is -4.45. The van der Waals surface area contributed by atoms with Crippen LogP contribution in [0.4, 0.5) is 19.0 Å². The average Bonchev–Trinajstić information content (AvgIpc) is 2.92. The van der Waals surface area contributed by atoms with Crippen molar-refractivity contribution in [2.75, 3.05) is 18.0 Å². The molecule has 0 aliphatic carbocycles. The summed E-state index contributed by atoms with van der Waals surface area (Å²) in [6.07, 6.45) is -0.152. The molecule has 1 fully saturated rings. The second kappa shape index (κ2) is 5.99. The molecule has 5 nitrogen and oxygen atoms in total. The summed E-state index contributed by atoms with van der Waals surface area (Å²) in [5.74, 6) is 1.39. The van der Waals surface area contributed by atoms with Crippen LogP contribution in [-0.2, 0) is 13.2 Å². The highest BCUT2D eigenvalue weighted by atomic mass is 35.5. The maximum Gasteiger partial charge on any atom is 0.417 e. The maximum absolute atomic E-state index is 12.7. The monoisotopic (exact) mass is 345 g/mol. The number of hydrogen-bond acceptors (Lipinski definition) is 4. The predicted octanol–water partition coefficient (Wildman–Crippen LogP) is 3.27. The van der Waals surface area contributed by atoms with Crippen LogP contribution in [0.2, 0.25) is 5.02 Å². The summed E-state index contributed by atoms with van der Waals surface area (Å²) in [4.78, 5) is 5.85. The molecule has 2 aromatic rings. The Labute approximate surface area is 136 Å². The van der Waals surface area contributed by atoms with Crippen LogP contribution in [-0.4, -0.2) is 32.8 Å². The molecular weight excluding hydrogens is 331 g/mol. The van der Waals surface area contributed by atoms with Crippen molar-refractivity contribution in [2.24, 2.45) is 7.05 Å². The smallest absolute Gasteiger partial charge is 0.355 e. The molecular formula is C14H15ClF3N5. The average molecular weight is 346 g/mol. The van der Waals surface area contributed by atoms with Gasteiger partial charge in [-0.1, -0.05) is 11.6 Å². The number of halogens is 4. The number of piperidine rings is 1. The van der Waals surface area contributed by atoms with Gasteiger partial charge in [-0.05, 0) is 18.9 Å². The van der Waals surface area contributed by atoms with E-state index in [-0.39, 0.29) is 10.9 Å². The molecule has 0 unspecified atom stereocenters. The normalized spacial score (nSPS) is 19.2. The van der Waals surface area contributed by atoms with Crippen molar-refractivity contribution in [1.29, 1.82) is 0 Å². The van der Waals surface area contributed by atoms with Crippen LogP contribution >= 0.6 is 11.6 Å². The Morgan fingerprint density at radius 3 is 2.74 bits per heavy atom. The van der Waals surface area contributed by atoms with Crippen molar-refractivity contribution >= 4 is 17.4 Å². The summed E-state index contributed by atoms with van der Waals surface area (Å²) in [6, 6.07) is 0.926. The molecule has 2 aromatic heterocycles. The van der Waals surface area contributed by atoms with Gasteiger partial charge in [-0.25, -0.2) is 4.98 Å². The van der Waals surface area contributed by atoms with Gasteiger partial charge < -0.3 is 9.47 Å². The highest BCUT2D eigenvalue weighted by molar-refractivity contribution is 6.33. The Morgan fingerprint density at radius 2 is 2.13 bits per heavy atom. The first-order chi connectivity index (χ1) is 10.9. The Morgan fingerprint density at radius 1 is 1.35 bits per heavy atom. The van der Waals surface area contributed by atoms with E-state index in [9.17, 15) is 13.2 Å². The number of anilines is 1. The molecule has 0 radical (unpaired) electrons. The predicted molar refractivity (Wildman–Crippen MR) is 79.4 cm³/mol. The van der Waals surface area contributed by atoms with Gasteiger partial charge in [0.05, 0.1) is 10.6 Å². The molecule has 3 rings (SSSR count). The van der Waals surface area contributed by atoms with Gasteiger partial charge in [-0.15, -0.1) is 10.2 Å². The van der Waals surface area contributed by atoms with E-state index in [2.05, 4.69) is 15.2 Å². The fraction of sp³-hybridized carbons (Fsp3) is 0.500. The first-order valence-corrected chi connectivity index (χ1v) is 7.55. The van der Waals surface area contributed by atoms with Gasteiger partial charge in [0.15, 0.2) is 0 Å². The Hall–Kier alpha value is -1.83. The van der Waals surface area contributed by atoms with Gasteiger partial charge in [0.2, 0.25) is 0 Å². The second-order valence-electron chi connectivity index (χ2n) is 5.61. The van der Waals surface area contributed by atoms with Crippen LogP contribution in [0.25, 0.3) is 0 Å². The van der Waals surface area contributed by atoms with E-state index in [0.29, 0.717) is 18.9 Å². The van der Waals surface area contributed by atoms with Gasteiger partial charge in [0.25, 0.3) is 0 Å². The third-order valence-electron chi connectivity index (χ3n) is 3.98. The summed E-state index contributed by atoms with van der Waals surface area (Å²) in [5.41, 5.74) is -0.840. The lowest BCUT2D eigenvalue weighted by molar-refractivity contribution is -0.137. The fourth-order valence-corrected chi connectivity index (χ4v) is 3.15. The number of rotatable bonds is 2. The standard InChI is InChI=1S/C14H15ClF3N5/c1-22-8-20-21-12(22)9-3-2-4-23(7-9)13-11(15)5-10(6-19-13)14(16,17)18/h5-6,8-9H,2-4,7H2,1H3/t9-/m0/s1. The third-order valence-corrected chi connectivity index (χ3v) is 4.26. The highest BCUT2D eigenvalue weighted by Crippen LogP contribution is 2.35. The number of alkyl halides is 3. The molecule has 0 spiro atoms. The molecule has 3 heterocycles. The lowest BCUT2D eigenvalue weighted by Gasteiger charge is -2.33. The van der Waals surface area contributed by atoms with E-state index in [1.165, 1.54) is 0 Å². The molecule has 1 aliphatic heterocycles. The molecule has 1 aliphatic rings. The first-order valence-electron chi connectivity index (χ1n) is 7.18. The van der Waals surface area contributed by atoms with Crippen molar-refractivity contribution in [3.63, 3.8) is 0 Å². The second-order valence-corrected chi connectivity index (χ2v) is 6.02. The zero-order valence-corrected chi connectivity index (χ0v) is 13.1. The van der Waals surface area contributed by atoms with Crippen LogP contribution in [0.1, 0.15) is 30.1 Å². The van der Waals surface area contributed by atoms with E-state index < -0.39 is 11.7 Å². The van der Waals surface area contributed by atoms with Crippen molar-refractivity contribution < 1.29 is 13.2 Å². The molecule has 0 amide bonds. The summed E-state index contributed by atoms with van der Waals surface area (Å²) >= 11 is 6.04. The van der Waals surface area contributed by atoms with Crippen LogP contribution in [0.15, 0.2) is 18.6 Å². The lowest BCUT2D eigenvalue weighted by Crippen LogP contribution is -2.36. The molecule has 9 heteroatoms. The highest BCUT2D eigenvalue weighted by Gasteiger charge is 2.33. The van der Waals surface area contributed by atoms with Crippen molar-refractivity contribution in [3.8, 4) is 0 Å². The minimum absolute atomic E-state index is 0.0124. The van der Waals surface area contributed by atoms with E-state index in [1.54, 1.807) is 6.33 Å². The SMILES string of the molecule is Cn1cnnc1[C@H]1CCCN(c2ncc(C(F)(F)F)cc2Cl)C1. The Kier molecular flexibility index (Phi) is 4.18. The van der Waals surface area contributed by atoms with Crippen molar-refractivity contribution in [1.82, 2.24) is 19.7 Å². The maximum atomic E-state index is 12.7. The van der Waals surface area contributed by atoms with Crippen molar-refractivity contribution in [3.05, 3.63) is 35.0 Å². The quantitative estimate of drug-likeness (QED) is 0.838. The van der Waals surface area contributed by atoms with Crippen molar-refractivity contribution in [2.45, 2.75) is 24.9 Å². The van der Waals surface area contributed by atoms with E-state index >= 15 is 0 Å². The van der Waals surface area contributed by atoms with Crippen LogP contribution in [0.5, 0.6) is 0 Å². The zero-order chi connectivity index (χ0) is 16.6. The molecule has 1 saturated heterocycles. The van der Waals surface area contributed by atoms with Gasteiger partial charge >= 0.3 is 6.18 Å². The molecule has 0 saturated carbocycles. The largest absolute Gasteiger partial charge is 0.417 e. The fourth-order valence-electron chi connectivity index (χ4n) is 2.86. The van der Waals surface area contributed by atoms with Crippen LogP contribution in [0.3, 0.4) is 0 Å². The van der Waals surface area contributed by atoms with E-state index in [1.807, 2.05) is 16.5 Å². The summed E-state index contributed by atoms with van der Waals surface area (Å²) in [6.45, 7) is 1.30. The molecule has 0 aromatic carbocycles. The molecule has 1 atom stereocenters. The summed E-state index contributed by atoms with van der Waals surface area (Å²) in [5, 5.41) is 8.01. The van der Waals surface area contributed by atoms with Crippen LogP contribution < -0.4 is 4.90 Å². The van der Waals surface area contributed by atoms with Gasteiger partial charge in [0.1, 0.15) is 18.0 Å². The number of aryl methyl sites for hydroxylation is 1. The Balaban J connectivity index is 1.83. The summed E-state index contributed by atoms with van der Waals surface area (Å²) < 4.78 is 40.0. The van der Waals surface area contributed by atoms with E-state index in [4.69, 9.17) is 11.6 Å². The first kappa shape index (κ1) is 16.0.